The van der Waals surface area contributed by atoms with Gasteiger partial charge in [0.15, 0.2) is 5.96 Å². The van der Waals surface area contributed by atoms with Crippen molar-refractivity contribution in [3.8, 4) is 0 Å². The maximum Gasteiger partial charge on any atom is 0.195 e. The lowest BCUT2D eigenvalue weighted by Crippen LogP contribution is -2.48. The Bertz CT molecular complexity index is 262. The van der Waals surface area contributed by atoms with Gasteiger partial charge in [-0.05, 0) is 12.6 Å². The number of hydrogen-bond acceptors (Lipinski definition) is 6. The lowest BCUT2D eigenvalue weighted by atomic mass is 10.1. The summed E-state index contributed by atoms with van der Waals surface area (Å²) in [6, 6.07) is 0. The molecule has 1 heterocycles. The standard InChI is InChI=1S/C8H17N5O/c1-14-5-6-4-8(11,2-3-9)13-7(10)12-6/h4H,2-3,5,9,11H2,1H3,(H3,10,12,13). The van der Waals surface area contributed by atoms with Crippen LogP contribution in [0.3, 0.4) is 0 Å². The fourth-order valence-electron chi connectivity index (χ4n) is 1.38. The van der Waals surface area contributed by atoms with Crippen LogP contribution in [-0.4, -0.2) is 31.9 Å². The summed E-state index contributed by atoms with van der Waals surface area (Å²) in [4.78, 5) is 4.09. The third-order valence-corrected chi connectivity index (χ3v) is 1.89. The highest BCUT2D eigenvalue weighted by Gasteiger charge is 2.25. The van der Waals surface area contributed by atoms with Crippen molar-refractivity contribution in [3.05, 3.63) is 11.8 Å². The molecule has 0 saturated carbocycles. The lowest BCUT2D eigenvalue weighted by molar-refractivity contribution is 0.220. The van der Waals surface area contributed by atoms with E-state index < -0.39 is 5.66 Å². The van der Waals surface area contributed by atoms with Gasteiger partial charge in [-0.2, -0.15) is 0 Å². The average molecular weight is 199 g/mol. The van der Waals surface area contributed by atoms with Crippen molar-refractivity contribution in [1.82, 2.24) is 5.32 Å². The van der Waals surface area contributed by atoms with E-state index in [1.54, 1.807) is 13.2 Å². The smallest absolute Gasteiger partial charge is 0.195 e. The number of rotatable bonds is 4. The summed E-state index contributed by atoms with van der Waals surface area (Å²) in [6.07, 6.45) is 2.35. The van der Waals surface area contributed by atoms with Crippen molar-refractivity contribution in [2.45, 2.75) is 12.1 Å². The summed E-state index contributed by atoms with van der Waals surface area (Å²) in [6.45, 7) is 0.893. The minimum Gasteiger partial charge on any atom is -0.378 e. The fraction of sp³-hybridized carbons (Fsp3) is 0.625. The highest BCUT2D eigenvalue weighted by atomic mass is 16.5. The molecule has 1 aliphatic rings. The van der Waals surface area contributed by atoms with E-state index in [0.717, 1.165) is 5.70 Å². The second kappa shape index (κ2) is 4.41. The molecule has 6 nitrogen and oxygen atoms in total. The minimum atomic E-state index is -0.794. The van der Waals surface area contributed by atoms with Crippen LogP contribution in [-0.2, 0) is 4.74 Å². The van der Waals surface area contributed by atoms with Crippen LogP contribution in [0.15, 0.2) is 16.8 Å². The van der Waals surface area contributed by atoms with E-state index in [1.807, 2.05) is 0 Å². The Balaban J connectivity index is 2.78. The zero-order valence-electron chi connectivity index (χ0n) is 8.29. The second-order valence-electron chi connectivity index (χ2n) is 3.25. The van der Waals surface area contributed by atoms with Crippen LogP contribution in [0, 0.1) is 0 Å². The second-order valence-corrected chi connectivity index (χ2v) is 3.25. The predicted octanol–water partition coefficient (Wildman–Crippen LogP) is -1.56. The normalized spacial score (nSPS) is 26.5. The molecule has 0 radical (unpaired) electrons. The third-order valence-electron chi connectivity index (χ3n) is 1.89. The van der Waals surface area contributed by atoms with Gasteiger partial charge in [0.1, 0.15) is 5.66 Å². The quantitative estimate of drug-likeness (QED) is 0.437. The van der Waals surface area contributed by atoms with Gasteiger partial charge in [-0.3, -0.25) is 0 Å². The van der Waals surface area contributed by atoms with Crippen LogP contribution >= 0.6 is 0 Å². The average Bonchev–Trinajstić information content (AvgIpc) is 2.02. The molecular formula is C8H17N5O. The molecule has 1 rings (SSSR count). The molecule has 0 bridgehead atoms. The Kier molecular flexibility index (Phi) is 3.45. The van der Waals surface area contributed by atoms with Gasteiger partial charge >= 0.3 is 0 Å². The number of aliphatic imine (C=N–C) groups is 1. The zero-order valence-corrected chi connectivity index (χ0v) is 8.29. The van der Waals surface area contributed by atoms with Crippen LogP contribution in [0.4, 0.5) is 0 Å². The van der Waals surface area contributed by atoms with E-state index in [0.29, 0.717) is 25.5 Å². The zero-order chi connectivity index (χ0) is 10.6. The Morgan fingerprint density at radius 2 is 2.36 bits per heavy atom. The summed E-state index contributed by atoms with van der Waals surface area (Å²) in [5, 5.41) is 2.87. The molecule has 0 saturated heterocycles. The van der Waals surface area contributed by atoms with Crippen molar-refractivity contribution >= 4 is 5.96 Å². The van der Waals surface area contributed by atoms with Crippen LogP contribution in [0.25, 0.3) is 0 Å². The van der Waals surface area contributed by atoms with Crippen molar-refractivity contribution < 1.29 is 4.74 Å². The Morgan fingerprint density at radius 3 is 2.93 bits per heavy atom. The fourth-order valence-corrected chi connectivity index (χ4v) is 1.38. The predicted molar refractivity (Wildman–Crippen MR) is 55.3 cm³/mol. The van der Waals surface area contributed by atoms with E-state index >= 15 is 0 Å². The van der Waals surface area contributed by atoms with Crippen LogP contribution in [0.5, 0.6) is 0 Å². The molecule has 80 valence electrons. The van der Waals surface area contributed by atoms with Gasteiger partial charge in [-0.1, -0.05) is 0 Å². The molecule has 0 aliphatic carbocycles. The SMILES string of the molecule is COCC1=CC(N)(CCN)N=C(N)N1. The van der Waals surface area contributed by atoms with Gasteiger partial charge in [0, 0.05) is 19.2 Å². The van der Waals surface area contributed by atoms with Gasteiger partial charge < -0.3 is 27.3 Å². The number of ether oxygens (including phenoxy) is 1. The van der Waals surface area contributed by atoms with Crippen LogP contribution < -0.4 is 22.5 Å². The van der Waals surface area contributed by atoms with E-state index in [-0.39, 0.29) is 0 Å². The van der Waals surface area contributed by atoms with Gasteiger partial charge in [0.25, 0.3) is 0 Å². The Labute approximate surface area is 83.2 Å². The molecular weight excluding hydrogens is 182 g/mol. The van der Waals surface area contributed by atoms with Gasteiger partial charge in [0.05, 0.1) is 6.61 Å². The molecule has 0 spiro atoms. The summed E-state index contributed by atoms with van der Waals surface area (Å²) >= 11 is 0. The van der Waals surface area contributed by atoms with Crippen LogP contribution in [0.2, 0.25) is 0 Å². The van der Waals surface area contributed by atoms with E-state index in [4.69, 9.17) is 21.9 Å². The van der Waals surface area contributed by atoms with E-state index in [2.05, 4.69) is 10.3 Å². The third kappa shape index (κ3) is 2.69. The Hall–Kier alpha value is -1.11. The minimum absolute atomic E-state index is 0.301. The summed E-state index contributed by atoms with van der Waals surface area (Å²) in [5.74, 6) is 0.301. The lowest BCUT2D eigenvalue weighted by Gasteiger charge is -2.27. The molecule has 0 amide bonds. The molecule has 7 N–H and O–H groups in total. The highest BCUT2D eigenvalue weighted by molar-refractivity contribution is 5.81. The summed E-state index contributed by atoms with van der Waals surface area (Å²) in [7, 11) is 1.60. The molecule has 6 heteroatoms. The van der Waals surface area contributed by atoms with E-state index in [9.17, 15) is 0 Å². The maximum atomic E-state index is 5.96. The topological polar surface area (TPSA) is 112 Å². The first-order valence-electron chi connectivity index (χ1n) is 4.41. The van der Waals surface area contributed by atoms with Crippen molar-refractivity contribution in [2.24, 2.45) is 22.2 Å². The highest BCUT2D eigenvalue weighted by Crippen LogP contribution is 2.15. The summed E-state index contributed by atoms with van der Waals surface area (Å²) < 4.78 is 4.97. The first kappa shape index (κ1) is 11.0. The first-order valence-corrected chi connectivity index (χ1v) is 4.41. The number of methoxy groups -OCH3 is 1. The first-order chi connectivity index (χ1) is 6.59. The van der Waals surface area contributed by atoms with Gasteiger partial charge in [0.2, 0.25) is 0 Å². The number of nitrogens with two attached hydrogens (primary N) is 3. The van der Waals surface area contributed by atoms with Crippen molar-refractivity contribution in [3.63, 3.8) is 0 Å². The van der Waals surface area contributed by atoms with Crippen molar-refractivity contribution in [2.75, 3.05) is 20.3 Å². The van der Waals surface area contributed by atoms with Crippen LogP contribution in [0.1, 0.15) is 6.42 Å². The molecule has 0 aromatic rings. The number of nitrogens with one attached hydrogen (secondary N) is 1. The molecule has 0 aromatic carbocycles. The number of hydrogen-bond donors (Lipinski definition) is 4. The largest absolute Gasteiger partial charge is 0.378 e. The Morgan fingerprint density at radius 1 is 1.64 bits per heavy atom. The maximum absolute atomic E-state index is 5.96. The number of guanidine groups is 1. The molecule has 1 aliphatic heterocycles. The molecule has 0 fully saturated rings. The van der Waals surface area contributed by atoms with Gasteiger partial charge in [-0.15, -0.1) is 0 Å². The molecule has 1 atom stereocenters. The van der Waals surface area contributed by atoms with E-state index in [1.165, 1.54) is 0 Å². The molecule has 1 unspecified atom stereocenters. The van der Waals surface area contributed by atoms with Crippen molar-refractivity contribution in [1.29, 1.82) is 0 Å². The molecule has 14 heavy (non-hydrogen) atoms. The monoisotopic (exact) mass is 199 g/mol. The molecule has 0 aromatic heterocycles. The number of nitrogens with zero attached hydrogens (tertiary/aromatic N) is 1. The van der Waals surface area contributed by atoms with Gasteiger partial charge in [-0.25, -0.2) is 4.99 Å². The summed E-state index contributed by atoms with van der Waals surface area (Å²) in [5.41, 5.74) is 17.0.